The number of carboxylic acids is 1. The standard InChI is InChI=1S/C21H11ClN2O3S2/c22-16-7-5-12(9-15(16)20(25)26)18-8-6-13(27-18)10-14(11-23)28-21-24-17-3-1-2-4-19(17)29-21/h1-10H,(H,25,26)/b14-10+. The van der Waals surface area contributed by atoms with E-state index >= 15 is 0 Å². The van der Waals surface area contributed by atoms with Gasteiger partial charge in [-0.15, -0.1) is 11.3 Å². The van der Waals surface area contributed by atoms with Crippen molar-refractivity contribution in [3.63, 3.8) is 0 Å². The Labute approximate surface area is 178 Å². The third-order valence-corrected chi connectivity index (χ3v) is 6.32. The molecule has 142 valence electrons. The molecule has 0 unspecified atom stereocenters. The number of nitriles is 1. The monoisotopic (exact) mass is 438 g/mol. The maximum Gasteiger partial charge on any atom is 0.337 e. The third kappa shape index (κ3) is 4.20. The predicted octanol–water partition coefficient (Wildman–Crippen LogP) is 6.56. The molecule has 2 aromatic carbocycles. The predicted molar refractivity (Wildman–Crippen MR) is 115 cm³/mol. The Morgan fingerprint density at radius 3 is 2.83 bits per heavy atom. The van der Waals surface area contributed by atoms with Crippen molar-refractivity contribution < 1.29 is 14.3 Å². The first kappa shape index (κ1) is 19.3. The Bertz CT molecular complexity index is 1270. The summed E-state index contributed by atoms with van der Waals surface area (Å²) in [6, 6.07) is 18.1. The molecule has 0 atom stereocenters. The van der Waals surface area contributed by atoms with Gasteiger partial charge in [0.2, 0.25) is 0 Å². The van der Waals surface area contributed by atoms with Crippen LogP contribution in [0, 0.1) is 11.3 Å². The number of rotatable bonds is 5. The van der Waals surface area contributed by atoms with Gasteiger partial charge in [0, 0.05) is 11.6 Å². The topological polar surface area (TPSA) is 87.1 Å². The van der Waals surface area contributed by atoms with Crippen molar-refractivity contribution in [2.45, 2.75) is 4.34 Å². The summed E-state index contributed by atoms with van der Waals surface area (Å²) in [5, 5.41) is 18.9. The number of aromatic carboxylic acids is 1. The highest BCUT2D eigenvalue weighted by Gasteiger charge is 2.13. The summed E-state index contributed by atoms with van der Waals surface area (Å²) >= 11 is 8.71. The number of furan rings is 1. The zero-order chi connectivity index (χ0) is 20.4. The van der Waals surface area contributed by atoms with E-state index in [1.165, 1.54) is 35.2 Å². The van der Waals surface area contributed by atoms with E-state index in [1.807, 2.05) is 24.3 Å². The summed E-state index contributed by atoms with van der Waals surface area (Å²) < 4.78 is 7.61. The Morgan fingerprint density at radius 1 is 1.24 bits per heavy atom. The molecule has 0 spiro atoms. The van der Waals surface area contributed by atoms with Gasteiger partial charge in [0.05, 0.1) is 25.7 Å². The fourth-order valence-corrected chi connectivity index (χ4v) is 4.78. The van der Waals surface area contributed by atoms with Crippen molar-refractivity contribution >= 4 is 57.0 Å². The number of halogens is 1. The van der Waals surface area contributed by atoms with Gasteiger partial charge in [0.15, 0.2) is 4.34 Å². The summed E-state index contributed by atoms with van der Waals surface area (Å²) in [4.78, 5) is 16.2. The quantitative estimate of drug-likeness (QED) is 0.280. The van der Waals surface area contributed by atoms with E-state index in [-0.39, 0.29) is 10.6 Å². The molecule has 0 fully saturated rings. The smallest absolute Gasteiger partial charge is 0.337 e. The first-order chi connectivity index (χ1) is 14.0. The number of benzene rings is 2. The Balaban J connectivity index is 1.59. The lowest BCUT2D eigenvalue weighted by Gasteiger charge is -2.02. The summed E-state index contributed by atoms with van der Waals surface area (Å²) in [7, 11) is 0. The van der Waals surface area contributed by atoms with Crippen LogP contribution < -0.4 is 0 Å². The molecule has 0 aliphatic heterocycles. The van der Waals surface area contributed by atoms with E-state index in [2.05, 4.69) is 11.1 Å². The lowest BCUT2D eigenvalue weighted by molar-refractivity contribution is 0.0697. The normalized spacial score (nSPS) is 11.5. The van der Waals surface area contributed by atoms with Gasteiger partial charge < -0.3 is 9.52 Å². The van der Waals surface area contributed by atoms with Crippen molar-refractivity contribution in [3.8, 4) is 17.4 Å². The molecule has 0 saturated heterocycles. The van der Waals surface area contributed by atoms with Crippen LogP contribution in [0.2, 0.25) is 5.02 Å². The van der Waals surface area contributed by atoms with Gasteiger partial charge >= 0.3 is 5.97 Å². The SMILES string of the molecule is N#C/C(=C\c1ccc(-c2ccc(Cl)c(C(=O)O)c2)o1)Sc1nc2ccccc2s1. The average molecular weight is 439 g/mol. The lowest BCUT2D eigenvalue weighted by Crippen LogP contribution is -1.97. The highest BCUT2D eigenvalue weighted by Crippen LogP contribution is 2.35. The van der Waals surface area contributed by atoms with Crippen LogP contribution in [0.25, 0.3) is 27.6 Å². The molecule has 0 aliphatic rings. The second kappa shape index (κ2) is 8.13. The molecule has 0 radical (unpaired) electrons. The first-order valence-electron chi connectivity index (χ1n) is 8.32. The number of fused-ring (bicyclic) bond motifs is 1. The van der Waals surface area contributed by atoms with Gasteiger partial charge in [-0.25, -0.2) is 9.78 Å². The average Bonchev–Trinajstić information content (AvgIpc) is 3.34. The van der Waals surface area contributed by atoms with Crippen LogP contribution >= 0.6 is 34.7 Å². The molecule has 0 saturated carbocycles. The number of para-hydroxylation sites is 1. The number of allylic oxidation sites excluding steroid dienone is 1. The molecule has 5 nitrogen and oxygen atoms in total. The summed E-state index contributed by atoms with van der Waals surface area (Å²) in [6.45, 7) is 0. The van der Waals surface area contributed by atoms with Gasteiger partial charge in [-0.1, -0.05) is 23.7 Å². The van der Waals surface area contributed by atoms with Gasteiger partial charge in [-0.3, -0.25) is 0 Å². The maximum absolute atomic E-state index is 11.3. The molecule has 2 heterocycles. The van der Waals surface area contributed by atoms with E-state index in [1.54, 1.807) is 24.3 Å². The Hall–Kier alpha value is -3.05. The number of carbonyl (C=O) groups is 1. The van der Waals surface area contributed by atoms with Crippen LogP contribution in [-0.2, 0) is 0 Å². The van der Waals surface area contributed by atoms with Gasteiger partial charge in [0.25, 0.3) is 0 Å². The van der Waals surface area contributed by atoms with E-state index in [0.29, 0.717) is 22.0 Å². The minimum absolute atomic E-state index is 0.00163. The molecule has 8 heteroatoms. The van der Waals surface area contributed by atoms with Crippen LogP contribution in [-0.4, -0.2) is 16.1 Å². The summed E-state index contributed by atoms with van der Waals surface area (Å²) in [5.41, 5.74) is 1.49. The van der Waals surface area contributed by atoms with E-state index < -0.39 is 5.97 Å². The first-order valence-corrected chi connectivity index (χ1v) is 10.3. The lowest BCUT2D eigenvalue weighted by atomic mass is 10.1. The minimum Gasteiger partial charge on any atom is -0.478 e. The van der Waals surface area contributed by atoms with Gasteiger partial charge in [0.1, 0.15) is 17.6 Å². The molecule has 29 heavy (non-hydrogen) atoms. The molecule has 0 amide bonds. The van der Waals surface area contributed by atoms with Crippen molar-refractivity contribution in [1.82, 2.24) is 4.98 Å². The summed E-state index contributed by atoms with van der Waals surface area (Å²) in [5.74, 6) is -0.141. The van der Waals surface area contributed by atoms with Gasteiger partial charge in [-0.05, 0) is 54.2 Å². The number of nitrogens with zero attached hydrogens (tertiary/aromatic N) is 2. The van der Waals surface area contributed by atoms with Crippen LogP contribution in [0.4, 0.5) is 0 Å². The number of thiazole rings is 1. The number of hydrogen-bond donors (Lipinski definition) is 1. The van der Waals surface area contributed by atoms with E-state index in [9.17, 15) is 15.2 Å². The molecule has 0 bridgehead atoms. The molecular formula is C21H11ClN2O3S2. The van der Waals surface area contributed by atoms with E-state index in [0.717, 1.165) is 14.6 Å². The van der Waals surface area contributed by atoms with Crippen LogP contribution in [0.1, 0.15) is 16.1 Å². The largest absolute Gasteiger partial charge is 0.478 e. The zero-order valence-electron chi connectivity index (χ0n) is 14.6. The molecule has 2 aromatic heterocycles. The van der Waals surface area contributed by atoms with Crippen molar-refractivity contribution in [2.24, 2.45) is 0 Å². The van der Waals surface area contributed by atoms with E-state index in [4.69, 9.17) is 16.0 Å². The number of aromatic nitrogens is 1. The molecule has 1 N–H and O–H groups in total. The highest BCUT2D eigenvalue weighted by atomic mass is 35.5. The van der Waals surface area contributed by atoms with Crippen molar-refractivity contribution in [1.29, 1.82) is 5.26 Å². The summed E-state index contributed by atoms with van der Waals surface area (Å²) in [6.07, 6.45) is 1.63. The van der Waals surface area contributed by atoms with Crippen LogP contribution in [0.3, 0.4) is 0 Å². The molecular weight excluding hydrogens is 428 g/mol. The second-order valence-electron chi connectivity index (χ2n) is 5.87. The molecule has 4 rings (SSSR count). The Morgan fingerprint density at radius 2 is 2.07 bits per heavy atom. The van der Waals surface area contributed by atoms with Crippen molar-refractivity contribution in [3.05, 3.63) is 75.8 Å². The number of thioether (sulfide) groups is 1. The Kier molecular flexibility index (Phi) is 5.41. The van der Waals surface area contributed by atoms with Crippen LogP contribution in [0.15, 0.2) is 68.3 Å². The zero-order valence-corrected chi connectivity index (χ0v) is 17.0. The minimum atomic E-state index is -1.11. The molecule has 0 aliphatic carbocycles. The number of hydrogen-bond acceptors (Lipinski definition) is 6. The fraction of sp³-hybridized carbons (Fsp3) is 0. The molecule has 4 aromatic rings. The highest BCUT2D eigenvalue weighted by molar-refractivity contribution is 8.05. The fourth-order valence-electron chi connectivity index (χ4n) is 2.63. The van der Waals surface area contributed by atoms with Crippen molar-refractivity contribution in [2.75, 3.05) is 0 Å². The second-order valence-corrected chi connectivity index (χ2v) is 8.60. The van der Waals surface area contributed by atoms with Crippen LogP contribution in [0.5, 0.6) is 0 Å². The number of carboxylic acid groups (broad SMARTS) is 1. The van der Waals surface area contributed by atoms with Gasteiger partial charge in [-0.2, -0.15) is 5.26 Å². The third-order valence-electron chi connectivity index (χ3n) is 3.96. The maximum atomic E-state index is 11.3.